The summed E-state index contributed by atoms with van der Waals surface area (Å²) in [5.41, 5.74) is 6.22. The first-order valence-electron chi connectivity index (χ1n) is 4.01. The maximum atomic E-state index is 5.53. The summed E-state index contributed by atoms with van der Waals surface area (Å²) in [6.45, 7) is 0. The Labute approximate surface area is 76.3 Å². The Kier molecular flexibility index (Phi) is 1.92. The lowest BCUT2D eigenvalue weighted by Gasteiger charge is -2.04. The summed E-state index contributed by atoms with van der Waals surface area (Å²) >= 11 is 0. The van der Waals surface area contributed by atoms with Crippen LogP contribution in [0.2, 0.25) is 0 Å². The second-order valence-corrected chi connectivity index (χ2v) is 2.71. The van der Waals surface area contributed by atoms with Crippen LogP contribution in [-0.2, 0) is 0 Å². The van der Waals surface area contributed by atoms with E-state index in [9.17, 15) is 0 Å². The molecule has 1 aromatic heterocycles. The first-order chi connectivity index (χ1) is 6.34. The number of para-hydroxylation sites is 1. The molecule has 0 radical (unpaired) electrons. The molecule has 2 N–H and O–H groups in total. The molecule has 0 spiro atoms. The van der Waals surface area contributed by atoms with Crippen molar-refractivity contribution in [1.82, 2.24) is 4.73 Å². The van der Waals surface area contributed by atoms with Crippen molar-refractivity contribution in [3.8, 4) is 5.75 Å². The summed E-state index contributed by atoms with van der Waals surface area (Å²) in [6.07, 6.45) is 3.48. The highest BCUT2D eigenvalue weighted by atomic mass is 16.7. The summed E-state index contributed by atoms with van der Waals surface area (Å²) in [7, 11) is 0. The molecule has 0 amide bonds. The van der Waals surface area contributed by atoms with Crippen LogP contribution in [0.4, 0.5) is 5.69 Å². The van der Waals surface area contributed by atoms with Gasteiger partial charge in [0.15, 0.2) is 5.75 Å². The SMILES string of the molecule is Nc1ccn(Oc2ccccc2)c1. The van der Waals surface area contributed by atoms with E-state index in [-0.39, 0.29) is 0 Å². The fraction of sp³-hybridized carbons (Fsp3) is 0. The molecule has 0 bridgehead atoms. The molecule has 13 heavy (non-hydrogen) atoms. The smallest absolute Gasteiger partial charge is 0.155 e. The highest BCUT2D eigenvalue weighted by Crippen LogP contribution is 2.10. The van der Waals surface area contributed by atoms with Crippen molar-refractivity contribution in [3.05, 3.63) is 48.8 Å². The van der Waals surface area contributed by atoms with E-state index >= 15 is 0 Å². The first kappa shape index (κ1) is 7.73. The topological polar surface area (TPSA) is 40.2 Å². The maximum absolute atomic E-state index is 5.53. The third-order valence-corrected chi connectivity index (χ3v) is 1.64. The molecule has 1 heterocycles. The Bertz CT molecular complexity index is 381. The molecule has 0 aliphatic carbocycles. The van der Waals surface area contributed by atoms with Crippen LogP contribution in [0.25, 0.3) is 0 Å². The van der Waals surface area contributed by atoms with Crippen LogP contribution >= 0.6 is 0 Å². The minimum absolute atomic E-state index is 0.691. The molecule has 0 saturated heterocycles. The number of anilines is 1. The van der Waals surface area contributed by atoms with Crippen molar-refractivity contribution in [2.45, 2.75) is 0 Å². The van der Waals surface area contributed by atoms with Gasteiger partial charge in [-0.3, -0.25) is 0 Å². The van der Waals surface area contributed by atoms with Gasteiger partial charge in [0, 0.05) is 6.20 Å². The van der Waals surface area contributed by atoms with Crippen molar-refractivity contribution in [1.29, 1.82) is 0 Å². The van der Waals surface area contributed by atoms with Crippen molar-refractivity contribution < 1.29 is 4.84 Å². The number of nitrogens with two attached hydrogens (primary N) is 1. The van der Waals surface area contributed by atoms with Crippen molar-refractivity contribution in [2.24, 2.45) is 0 Å². The zero-order valence-corrected chi connectivity index (χ0v) is 7.05. The van der Waals surface area contributed by atoms with Crippen molar-refractivity contribution in [2.75, 3.05) is 5.73 Å². The van der Waals surface area contributed by atoms with Crippen LogP contribution in [0.15, 0.2) is 48.8 Å². The second-order valence-electron chi connectivity index (χ2n) is 2.71. The molecule has 0 atom stereocenters. The van der Waals surface area contributed by atoms with Gasteiger partial charge in [0.25, 0.3) is 0 Å². The van der Waals surface area contributed by atoms with Gasteiger partial charge in [0.2, 0.25) is 0 Å². The molecule has 2 rings (SSSR count). The number of aromatic nitrogens is 1. The number of benzene rings is 1. The summed E-state index contributed by atoms with van der Waals surface area (Å²) in [5.74, 6) is 0.790. The third-order valence-electron chi connectivity index (χ3n) is 1.64. The average molecular weight is 174 g/mol. The number of nitrogen functional groups attached to an aromatic ring is 1. The van der Waals surface area contributed by atoms with Gasteiger partial charge in [0.05, 0.1) is 11.9 Å². The quantitative estimate of drug-likeness (QED) is 0.755. The lowest BCUT2D eigenvalue weighted by Crippen LogP contribution is -2.00. The predicted molar refractivity (Wildman–Crippen MR) is 51.3 cm³/mol. The van der Waals surface area contributed by atoms with Crippen LogP contribution in [0.5, 0.6) is 5.75 Å². The van der Waals surface area contributed by atoms with Gasteiger partial charge >= 0.3 is 0 Å². The van der Waals surface area contributed by atoms with E-state index in [2.05, 4.69) is 0 Å². The van der Waals surface area contributed by atoms with Crippen molar-refractivity contribution in [3.63, 3.8) is 0 Å². The standard InChI is InChI=1S/C10H10N2O/c11-9-6-7-12(8-9)13-10-4-2-1-3-5-10/h1-8H,11H2. The monoisotopic (exact) mass is 174 g/mol. The fourth-order valence-corrected chi connectivity index (χ4v) is 1.05. The second kappa shape index (κ2) is 3.23. The highest BCUT2D eigenvalue weighted by Gasteiger charge is 1.94. The molecule has 0 fully saturated rings. The Balaban J connectivity index is 2.15. The Morgan fingerprint density at radius 1 is 1.08 bits per heavy atom. The molecular formula is C10H10N2O. The largest absolute Gasteiger partial charge is 0.397 e. The van der Waals surface area contributed by atoms with E-state index in [1.807, 2.05) is 30.3 Å². The van der Waals surface area contributed by atoms with Gasteiger partial charge in [-0.2, -0.15) is 4.73 Å². The molecule has 1 aromatic carbocycles. The summed E-state index contributed by atoms with van der Waals surface area (Å²) < 4.78 is 1.57. The van der Waals surface area contributed by atoms with Gasteiger partial charge in [-0.05, 0) is 18.2 Å². The van der Waals surface area contributed by atoms with Crippen molar-refractivity contribution >= 4 is 5.69 Å². The number of rotatable bonds is 2. The average Bonchev–Trinajstić information content (AvgIpc) is 2.53. The van der Waals surface area contributed by atoms with E-state index in [0.717, 1.165) is 5.75 Å². The molecule has 3 nitrogen and oxygen atoms in total. The van der Waals surface area contributed by atoms with E-state index < -0.39 is 0 Å². The molecule has 3 heteroatoms. The first-order valence-corrected chi connectivity index (χ1v) is 4.01. The zero-order valence-electron chi connectivity index (χ0n) is 7.05. The fourth-order valence-electron chi connectivity index (χ4n) is 1.05. The van der Waals surface area contributed by atoms with Crippen LogP contribution in [0.1, 0.15) is 0 Å². The van der Waals surface area contributed by atoms with Gasteiger partial charge in [-0.1, -0.05) is 18.2 Å². The third kappa shape index (κ3) is 1.82. The van der Waals surface area contributed by atoms with Gasteiger partial charge in [-0.15, -0.1) is 0 Å². The molecule has 66 valence electrons. The minimum atomic E-state index is 0.691. The van der Waals surface area contributed by atoms with E-state index in [1.165, 1.54) is 0 Å². The van der Waals surface area contributed by atoms with Crippen LogP contribution in [-0.4, -0.2) is 4.73 Å². The number of hydrogen-bond acceptors (Lipinski definition) is 2. The normalized spacial score (nSPS) is 9.85. The summed E-state index contributed by atoms with van der Waals surface area (Å²) in [4.78, 5) is 5.44. The molecule has 0 aliphatic heterocycles. The Morgan fingerprint density at radius 2 is 1.85 bits per heavy atom. The van der Waals surface area contributed by atoms with E-state index in [0.29, 0.717) is 5.69 Å². The Hall–Kier alpha value is -1.90. The van der Waals surface area contributed by atoms with Gasteiger partial charge < -0.3 is 10.6 Å². The minimum Gasteiger partial charge on any atom is -0.397 e. The molecule has 2 aromatic rings. The van der Waals surface area contributed by atoms with Gasteiger partial charge in [0.1, 0.15) is 0 Å². The molecule has 0 saturated carbocycles. The molecule has 0 unspecified atom stereocenters. The zero-order chi connectivity index (χ0) is 9.10. The maximum Gasteiger partial charge on any atom is 0.155 e. The number of nitrogens with zero attached hydrogens (tertiary/aromatic N) is 1. The van der Waals surface area contributed by atoms with Crippen LogP contribution in [0, 0.1) is 0 Å². The Morgan fingerprint density at radius 3 is 2.46 bits per heavy atom. The van der Waals surface area contributed by atoms with Gasteiger partial charge in [-0.25, -0.2) is 0 Å². The summed E-state index contributed by atoms with van der Waals surface area (Å²) in [6, 6.07) is 11.3. The molecule has 0 aliphatic rings. The highest BCUT2D eigenvalue weighted by molar-refractivity contribution is 5.34. The lowest BCUT2D eigenvalue weighted by molar-refractivity contribution is 0.217. The predicted octanol–water partition coefficient (Wildman–Crippen LogP) is 1.91. The number of hydrogen-bond donors (Lipinski definition) is 1. The summed E-state index contributed by atoms with van der Waals surface area (Å²) in [5, 5.41) is 0. The van der Waals surface area contributed by atoms with E-state index in [4.69, 9.17) is 10.6 Å². The van der Waals surface area contributed by atoms with Crippen LogP contribution in [0.3, 0.4) is 0 Å². The molecular weight excluding hydrogens is 164 g/mol. The van der Waals surface area contributed by atoms with E-state index in [1.54, 1.807) is 23.2 Å². The lowest BCUT2D eigenvalue weighted by atomic mass is 10.3. The van der Waals surface area contributed by atoms with Crippen LogP contribution < -0.4 is 10.6 Å².